The van der Waals surface area contributed by atoms with E-state index in [1.807, 2.05) is 34.9 Å². The van der Waals surface area contributed by atoms with E-state index in [9.17, 15) is 9.59 Å². The van der Waals surface area contributed by atoms with Crippen molar-refractivity contribution in [1.82, 2.24) is 19.8 Å². The summed E-state index contributed by atoms with van der Waals surface area (Å²) in [5, 5.41) is 2.54. The van der Waals surface area contributed by atoms with Crippen LogP contribution in [0.1, 0.15) is 21.9 Å². The summed E-state index contributed by atoms with van der Waals surface area (Å²) in [7, 11) is 1.56. The van der Waals surface area contributed by atoms with Crippen LogP contribution in [0, 0.1) is 0 Å². The van der Waals surface area contributed by atoms with Crippen LogP contribution >= 0.6 is 0 Å². The Balaban J connectivity index is 1.61. The van der Waals surface area contributed by atoms with Crippen molar-refractivity contribution in [2.75, 3.05) is 13.6 Å². The average Bonchev–Trinajstić information content (AvgIpc) is 3.03. The molecule has 0 saturated carbocycles. The first-order chi connectivity index (χ1) is 11.2. The maximum Gasteiger partial charge on any atom is 0.410 e. The molecule has 0 spiro atoms. The predicted molar refractivity (Wildman–Crippen MR) is 82.7 cm³/mol. The molecule has 0 bridgehead atoms. The smallest absolute Gasteiger partial charge is 0.410 e. The molecule has 0 radical (unpaired) electrons. The van der Waals surface area contributed by atoms with E-state index in [-0.39, 0.29) is 18.6 Å². The van der Waals surface area contributed by atoms with Crippen molar-refractivity contribution in [2.24, 2.45) is 0 Å². The molecule has 23 heavy (non-hydrogen) atoms. The van der Waals surface area contributed by atoms with Crippen LogP contribution in [0.15, 0.2) is 36.5 Å². The third-order valence-electron chi connectivity index (χ3n) is 3.73. The van der Waals surface area contributed by atoms with Crippen LogP contribution < -0.4 is 5.32 Å². The zero-order valence-corrected chi connectivity index (χ0v) is 12.9. The number of nitrogens with zero attached hydrogens (tertiary/aromatic N) is 3. The van der Waals surface area contributed by atoms with Crippen LogP contribution in [-0.4, -0.2) is 40.0 Å². The number of hydrogen-bond donors (Lipinski definition) is 1. The number of carbonyl (C=O) groups excluding carboxylic acids is 2. The molecule has 1 aromatic carbocycles. The van der Waals surface area contributed by atoms with Gasteiger partial charge in [-0.2, -0.15) is 0 Å². The summed E-state index contributed by atoms with van der Waals surface area (Å²) >= 11 is 0. The van der Waals surface area contributed by atoms with Gasteiger partial charge in [-0.3, -0.25) is 9.69 Å². The lowest BCUT2D eigenvalue weighted by molar-refractivity contribution is 0.0861. The second-order valence-corrected chi connectivity index (χ2v) is 5.28. The number of aromatic nitrogens is 2. The Kier molecular flexibility index (Phi) is 4.27. The van der Waals surface area contributed by atoms with Crippen molar-refractivity contribution in [3.63, 3.8) is 0 Å². The molecular weight excluding hydrogens is 296 g/mol. The molecule has 3 rings (SSSR count). The van der Waals surface area contributed by atoms with Crippen molar-refractivity contribution in [2.45, 2.75) is 19.7 Å². The molecule has 0 saturated heterocycles. The Labute approximate surface area is 133 Å². The lowest BCUT2D eigenvalue weighted by Gasteiger charge is -2.26. The zero-order chi connectivity index (χ0) is 16.2. The lowest BCUT2D eigenvalue weighted by atomic mass is 10.2. The molecule has 0 aliphatic carbocycles. The van der Waals surface area contributed by atoms with Crippen molar-refractivity contribution in [3.8, 4) is 0 Å². The van der Waals surface area contributed by atoms with Gasteiger partial charge in [0.05, 0.1) is 6.54 Å². The fraction of sp³-hybridized carbons (Fsp3) is 0.312. The molecule has 1 aliphatic heterocycles. The third kappa shape index (κ3) is 3.33. The number of rotatable bonds is 3. The van der Waals surface area contributed by atoms with E-state index >= 15 is 0 Å². The maximum atomic E-state index is 12.2. The number of amides is 2. The molecule has 7 nitrogen and oxygen atoms in total. The lowest BCUT2D eigenvalue weighted by Crippen LogP contribution is -2.38. The first-order valence-corrected chi connectivity index (χ1v) is 7.41. The van der Waals surface area contributed by atoms with Gasteiger partial charge in [0, 0.05) is 26.3 Å². The Morgan fingerprint density at radius 3 is 2.78 bits per heavy atom. The van der Waals surface area contributed by atoms with Gasteiger partial charge < -0.3 is 14.6 Å². The molecular formula is C16H18N4O3. The normalized spacial score (nSPS) is 13.3. The molecule has 7 heteroatoms. The first kappa shape index (κ1) is 15.1. The SMILES string of the molecule is CNC(=O)c1cn2c(n1)CN(C(=O)OCc1ccccc1)CC2. The monoisotopic (exact) mass is 314 g/mol. The second-order valence-electron chi connectivity index (χ2n) is 5.28. The Morgan fingerprint density at radius 1 is 1.26 bits per heavy atom. The second kappa shape index (κ2) is 6.51. The minimum atomic E-state index is -0.371. The maximum absolute atomic E-state index is 12.2. The topological polar surface area (TPSA) is 76.5 Å². The average molecular weight is 314 g/mol. The molecule has 0 fully saturated rings. The van der Waals surface area contributed by atoms with Gasteiger partial charge in [-0.05, 0) is 5.56 Å². The van der Waals surface area contributed by atoms with Crippen molar-refractivity contribution in [3.05, 3.63) is 53.6 Å². The summed E-state index contributed by atoms with van der Waals surface area (Å²) in [5.74, 6) is 0.455. The number of benzene rings is 1. The fourth-order valence-corrected chi connectivity index (χ4v) is 2.46. The summed E-state index contributed by atoms with van der Waals surface area (Å²) in [6.45, 7) is 1.71. The highest BCUT2D eigenvalue weighted by Gasteiger charge is 2.24. The highest BCUT2D eigenvalue weighted by Crippen LogP contribution is 2.14. The first-order valence-electron chi connectivity index (χ1n) is 7.41. The molecule has 2 amide bonds. The van der Waals surface area contributed by atoms with Crippen molar-refractivity contribution in [1.29, 1.82) is 0 Å². The van der Waals surface area contributed by atoms with Gasteiger partial charge in [0.25, 0.3) is 5.91 Å². The third-order valence-corrected chi connectivity index (χ3v) is 3.73. The van der Waals surface area contributed by atoms with Crippen LogP contribution in [0.3, 0.4) is 0 Å². The molecule has 0 unspecified atom stereocenters. The van der Waals surface area contributed by atoms with Crippen LogP contribution in [-0.2, 0) is 24.4 Å². The largest absolute Gasteiger partial charge is 0.445 e. The molecule has 2 heterocycles. The van der Waals surface area contributed by atoms with Gasteiger partial charge >= 0.3 is 6.09 Å². The van der Waals surface area contributed by atoms with Crippen molar-refractivity contribution < 1.29 is 14.3 Å². The van der Waals surface area contributed by atoms with Gasteiger partial charge in [-0.15, -0.1) is 0 Å². The summed E-state index contributed by atoms with van der Waals surface area (Å²) in [4.78, 5) is 29.6. The molecule has 0 atom stereocenters. The summed E-state index contributed by atoms with van der Waals surface area (Å²) in [6.07, 6.45) is 1.34. The van der Waals surface area contributed by atoms with Gasteiger partial charge in [0.1, 0.15) is 18.1 Å². The van der Waals surface area contributed by atoms with E-state index in [1.54, 1.807) is 18.1 Å². The number of fused-ring (bicyclic) bond motifs is 1. The highest BCUT2D eigenvalue weighted by atomic mass is 16.6. The van der Waals surface area contributed by atoms with Crippen LogP contribution in [0.5, 0.6) is 0 Å². The standard InChI is InChI=1S/C16H18N4O3/c1-17-15(21)13-9-19-7-8-20(10-14(19)18-13)16(22)23-11-12-5-3-2-4-6-12/h2-6,9H,7-8,10-11H2,1H3,(H,17,21). The molecule has 1 aromatic heterocycles. The quantitative estimate of drug-likeness (QED) is 0.929. The van der Waals surface area contributed by atoms with Crippen LogP contribution in [0.25, 0.3) is 0 Å². The number of ether oxygens (including phenoxy) is 1. The van der Waals surface area contributed by atoms with Crippen molar-refractivity contribution >= 4 is 12.0 Å². The van der Waals surface area contributed by atoms with Gasteiger partial charge in [0.2, 0.25) is 0 Å². The van der Waals surface area contributed by atoms with E-state index in [0.717, 1.165) is 5.56 Å². The fourth-order valence-electron chi connectivity index (χ4n) is 2.46. The summed E-state index contributed by atoms with van der Waals surface area (Å²) in [5.41, 5.74) is 1.31. The zero-order valence-electron chi connectivity index (χ0n) is 12.9. The molecule has 2 aromatic rings. The Bertz CT molecular complexity index is 711. The van der Waals surface area contributed by atoms with Gasteiger partial charge in [0.15, 0.2) is 0 Å². The van der Waals surface area contributed by atoms with E-state index in [0.29, 0.717) is 31.2 Å². The number of imidazole rings is 1. The summed E-state index contributed by atoms with van der Waals surface area (Å²) in [6, 6.07) is 9.54. The molecule has 1 N–H and O–H groups in total. The number of nitrogens with one attached hydrogen (secondary N) is 1. The van der Waals surface area contributed by atoms with E-state index < -0.39 is 0 Å². The van der Waals surface area contributed by atoms with E-state index in [1.165, 1.54) is 0 Å². The van der Waals surface area contributed by atoms with E-state index in [4.69, 9.17) is 4.74 Å². The van der Waals surface area contributed by atoms with Gasteiger partial charge in [-0.1, -0.05) is 30.3 Å². The van der Waals surface area contributed by atoms with E-state index in [2.05, 4.69) is 10.3 Å². The van der Waals surface area contributed by atoms with Crippen LogP contribution in [0.2, 0.25) is 0 Å². The summed E-state index contributed by atoms with van der Waals surface area (Å²) < 4.78 is 7.22. The highest BCUT2D eigenvalue weighted by molar-refractivity contribution is 5.91. The Morgan fingerprint density at radius 2 is 2.04 bits per heavy atom. The number of carbonyl (C=O) groups is 2. The minimum Gasteiger partial charge on any atom is -0.445 e. The number of hydrogen-bond acceptors (Lipinski definition) is 4. The van der Waals surface area contributed by atoms with Gasteiger partial charge in [-0.25, -0.2) is 9.78 Å². The Hall–Kier alpha value is -2.83. The predicted octanol–water partition coefficient (Wildman–Crippen LogP) is 1.40. The van der Waals surface area contributed by atoms with Crippen LogP contribution in [0.4, 0.5) is 4.79 Å². The minimum absolute atomic E-state index is 0.231. The molecule has 120 valence electrons. The molecule has 1 aliphatic rings.